The van der Waals surface area contributed by atoms with Gasteiger partial charge in [0.1, 0.15) is 11.5 Å². The molecule has 3 N–H and O–H groups in total. The predicted molar refractivity (Wildman–Crippen MR) is 118 cm³/mol. The maximum absolute atomic E-state index is 11.7. The summed E-state index contributed by atoms with van der Waals surface area (Å²) in [6, 6.07) is 11.0. The lowest BCUT2D eigenvalue weighted by Crippen LogP contribution is -2.42. The zero-order valence-electron chi connectivity index (χ0n) is 17.8. The Kier molecular flexibility index (Phi) is 6.11. The maximum atomic E-state index is 11.7. The molecule has 2 aromatic rings. The highest BCUT2D eigenvalue weighted by atomic mass is 16.5. The second-order valence-electron chi connectivity index (χ2n) is 8.15. The molecular formula is C23H28N4O4. The van der Waals surface area contributed by atoms with Gasteiger partial charge >= 0.3 is 0 Å². The highest BCUT2D eigenvalue weighted by molar-refractivity contribution is 6.14. The van der Waals surface area contributed by atoms with Crippen LogP contribution in [0.5, 0.6) is 11.5 Å². The van der Waals surface area contributed by atoms with Crippen LogP contribution in [-0.2, 0) is 16.1 Å². The van der Waals surface area contributed by atoms with Crippen LogP contribution < -0.4 is 10.3 Å². The number of hydrogen-bond donors (Lipinski definition) is 3. The van der Waals surface area contributed by atoms with Crippen molar-refractivity contribution in [3.8, 4) is 11.5 Å². The molecule has 1 saturated heterocycles. The zero-order valence-corrected chi connectivity index (χ0v) is 17.8. The lowest BCUT2D eigenvalue weighted by atomic mass is 9.98. The Labute approximate surface area is 181 Å². The van der Waals surface area contributed by atoms with Crippen molar-refractivity contribution >= 4 is 17.8 Å². The Balaban J connectivity index is 1.62. The molecule has 1 fully saturated rings. The summed E-state index contributed by atoms with van der Waals surface area (Å²) in [5, 5.41) is 25.0. The normalized spacial score (nSPS) is 19.4. The number of phenols is 2. The molecule has 8 nitrogen and oxygen atoms in total. The smallest absolute Gasteiger partial charge is 0.177 e. The summed E-state index contributed by atoms with van der Waals surface area (Å²) in [5.41, 5.74) is 5.94. The number of nitrogens with one attached hydrogen (secondary N) is 1. The molecule has 2 aliphatic heterocycles. The van der Waals surface area contributed by atoms with Gasteiger partial charge < -0.3 is 14.9 Å². The van der Waals surface area contributed by atoms with Crippen molar-refractivity contribution in [2.24, 2.45) is 5.10 Å². The van der Waals surface area contributed by atoms with Gasteiger partial charge in [-0.15, -0.1) is 0 Å². The van der Waals surface area contributed by atoms with Crippen LogP contribution in [0.15, 0.2) is 41.5 Å². The second kappa shape index (κ2) is 8.95. The molecule has 0 saturated carbocycles. The van der Waals surface area contributed by atoms with Crippen LogP contribution in [0.4, 0.5) is 5.69 Å². The molecule has 0 aromatic heterocycles. The number of hydrazone groups is 1. The number of nitrogens with zero attached hydrogens (tertiary/aromatic N) is 3. The lowest BCUT2D eigenvalue weighted by molar-refractivity contribution is -0.109. The fourth-order valence-electron chi connectivity index (χ4n) is 3.95. The standard InChI is InChI=1S/C23H28N4O4/c1-15(2)18-11-19(21(30)12-20(18)29)23-25-24-22(14-28)27(23)17-5-3-16(4-6-17)13-26-7-9-31-10-8-26/h3-6,11-12,14-15,22,24,29-30H,7-10,13H2,1-2H3. The molecule has 0 spiro atoms. The molecule has 0 aliphatic carbocycles. The van der Waals surface area contributed by atoms with E-state index in [-0.39, 0.29) is 17.4 Å². The molecule has 164 valence electrons. The topological polar surface area (TPSA) is 97.6 Å². The van der Waals surface area contributed by atoms with E-state index in [1.807, 2.05) is 38.1 Å². The van der Waals surface area contributed by atoms with Crippen molar-refractivity contribution in [2.45, 2.75) is 32.5 Å². The van der Waals surface area contributed by atoms with Crippen molar-refractivity contribution in [3.05, 3.63) is 53.1 Å². The first-order chi connectivity index (χ1) is 15.0. The highest BCUT2D eigenvalue weighted by Crippen LogP contribution is 2.35. The van der Waals surface area contributed by atoms with Crippen molar-refractivity contribution < 1.29 is 19.7 Å². The number of carbonyl (C=O) groups is 1. The van der Waals surface area contributed by atoms with E-state index in [1.165, 1.54) is 11.6 Å². The Morgan fingerprint density at radius 2 is 1.87 bits per heavy atom. The van der Waals surface area contributed by atoms with Gasteiger partial charge in [-0.3, -0.25) is 20.0 Å². The number of rotatable bonds is 6. The van der Waals surface area contributed by atoms with Crippen LogP contribution in [0.25, 0.3) is 0 Å². The van der Waals surface area contributed by atoms with E-state index in [1.54, 1.807) is 11.0 Å². The Bertz CT molecular complexity index is 968. The minimum absolute atomic E-state index is 0.0359. The van der Waals surface area contributed by atoms with Crippen LogP contribution in [0, 0.1) is 0 Å². The van der Waals surface area contributed by atoms with Crippen LogP contribution >= 0.6 is 0 Å². The Morgan fingerprint density at radius 1 is 1.16 bits per heavy atom. The number of ether oxygens (including phenoxy) is 1. The van der Waals surface area contributed by atoms with E-state index in [0.29, 0.717) is 17.0 Å². The lowest BCUT2D eigenvalue weighted by Gasteiger charge is -2.27. The second-order valence-corrected chi connectivity index (χ2v) is 8.15. The molecule has 0 bridgehead atoms. The van der Waals surface area contributed by atoms with E-state index < -0.39 is 6.17 Å². The van der Waals surface area contributed by atoms with Gasteiger partial charge in [-0.05, 0) is 35.2 Å². The van der Waals surface area contributed by atoms with Crippen LogP contribution in [0.1, 0.15) is 36.5 Å². The van der Waals surface area contributed by atoms with Gasteiger partial charge in [0.15, 0.2) is 18.3 Å². The fraction of sp³-hybridized carbons (Fsp3) is 0.391. The summed E-state index contributed by atoms with van der Waals surface area (Å²) < 4.78 is 5.40. The van der Waals surface area contributed by atoms with Crippen molar-refractivity contribution in [2.75, 3.05) is 31.2 Å². The van der Waals surface area contributed by atoms with Crippen LogP contribution in [0.3, 0.4) is 0 Å². The summed E-state index contributed by atoms with van der Waals surface area (Å²) in [4.78, 5) is 15.8. The molecule has 4 rings (SSSR count). The minimum atomic E-state index is -0.684. The number of amidine groups is 1. The quantitative estimate of drug-likeness (QED) is 0.613. The van der Waals surface area contributed by atoms with Crippen LogP contribution in [0.2, 0.25) is 0 Å². The Morgan fingerprint density at radius 3 is 2.52 bits per heavy atom. The van der Waals surface area contributed by atoms with E-state index in [0.717, 1.165) is 44.8 Å². The molecule has 31 heavy (non-hydrogen) atoms. The molecule has 2 aliphatic rings. The zero-order chi connectivity index (χ0) is 22.0. The molecule has 0 amide bonds. The first kappa shape index (κ1) is 21.1. The third-order valence-electron chi connectivity index (χ3n) is 5.67. The monoisotopic (exact) mass is 424 g/mol. The first-order valence-corrected chi connectivity index (χ1v) is 10.5. The third-order valence-corrected chi connectivity index (χ3v) is 5.67. The van der Waals surface area contributed by atoms with Crippen LogP contribution in [-0.4, -0.2) is 59.7 Å². The highest BCUT2D eigenvalue weighted by Gasteiger charge is 2.32. The van der Waals surface area contributed by atoms with Gasteiger partial charge in [0, 0.05) is 31.4 Å². The molecule has 0 radical (unpaired) electrons. The number of hydrogen-bond acceptors (Lipinski definition) is 8. The van der Waals surface area contributed by atoms with E-state index in [9.17, 15) is 15.0 Å². The first-order valence-electron chi connectivity index (χ1n) is 10.5. The summed E-state index contributed by atoms with van der Waals surface area (Å²) in [6.45, 7) is 8.12. The molecule has 1 atom stereocenters. The maximum Gasteiger partial charge on any atom is 0.177 e. The number of aldehydes is 1. The van der Waals surface area contributed by atoms with Gasteiger partial charge in [-0.1, -0.05) is 26.0 Å². The fourth-order valence-corrected chi connectivity index (χ4v) is 3.95. The predicted octanol–water partition coefficient (Wildman–Crippen LogP) is 2.35. The molecule has 2 aromatic carbocycles. The molecule has 1 unspecified atom stereocenters. The minimum Gasteiger partial charge on any atom is -0.508 e. The van der Waals surface area contributed by atoms with Crippen molar-refractivity contribution in [1.82, 2.24) is 10.3 Å². The summed E-state index contributed by atoms with van der Waals surface area (Å²) in [6.07, 6.45) is 0.0923. The van der Waals surface area contributed by atoms with E-state index >= 15 is 0 Å². The number of phenolic OH excluding ortho intramolecular Hbond substituents is 2. The SMILES string of the molecule is CC(C)c1cc(C2=NNC(C=O)N2c2ccc(CN3CCOCC3)cc2)c(O)cc1O. The summed E-state index contributed by atoms with van der Waals surface area (Å²) in [5.74, 6) is 0.429. The van der Waals surface area contributed by atoms with Gasteiger partial charge in [0.2, 0.25) is 0 Å². The number of anilines is 1. The molecule has 8 heteroatoms. The van der Waals surface area contributed by atoms with E-state index in [4.69, 9.17) is 4.74 Å². The van der Waals surface area contributed by atoms with Crippen molar-refractivity contribution in [3.63, 3.8) is 0 Å². The number of morpholine rings is 1. The number of carbonyl (C=O) groups excluding carboxylic acids is 1. The molecular weight excluding hydrogens is 396 g/mol. The largest absolute Gasteiger partial charge is 0.508 e. The average molecular weight is 425 g/mol. The van der Waals surface area contributed by atoms with Gasteiger partial charge in [0.25, 0.3) is 0 Å². The van der Waals surface area contributed by atoms with E-state index in [2.05, 4.69) is 15.4 Å². The number of benzene rings is 2. The van der Waals surface area contributed by atoms with Gasteiger partial charge in [-0.2, -0.15) is 5.10 Å². The average Bonchev–Trinajstić information content (AvgIpc) is 3.18. The van der Waals surface area contributed by atoms with Gasteiger partial charge in [-0.25, -0.2) is 0 Å². The Hall–Kier alpha value is -3.10. The van der Waals surface area contributed by atoms with Gasteiger partial charge in [0.05, 0.1) is 18.8 Å². The summed E-state index contributed by atoms with van der Waals surface area (Å²) in [7, 11) is 0. The van der Waals surface area contributed by atoms with Crippen molar-refractivity contribution in [1.29, 1.82) is 0 Å². The summed E-state index contributed by atoms with van der Waals surface area (Å²) >= 11 is 0. The number of aromatic hydroxyl groups is 2. The third kappa shape index (κ3) is 4.35. The molecule has 2 heterocycles.